The van der Waals surface area contributed by atoms with Crippen molar-refractivity contribution in [3.8, 4) is 0 Å². The van der Waals surface area contributed by atoms with Crippen molar-refractivity contribution >= 4 is 28.3 Å². The molecule has 0 aliphatic heterocycles. The lowest BCUT2D eigenvalue weighted by atomic mass is 10.1. The molecule has 0 bridgehead atoms. The van der Waals surface area contributed by atoms with E-state index < -0.39 is 0 Å². The Morgan fingerprint density at radius 1 is 1.15 bits per heavy atom. The van der Waals surface area contributed by atoms with Gasteiger partial charge in [-0.3, -0.25) is 4.79 Å². The normalized spacial score (nSPS) is 11.4. The average molecular weight is 364 g/mol. The number of carbonyl (C=O) groups excluding carboxylic acids is 1. The van der Waals surface area contributed by atoms with Crippen LogP contribution in [-0.4, -0.2) is 30.5 Å². The highest BCUT2D eigenvalue weighted by molar-refractivity contribution is 5.93. The summed E-state index contributed by atoms with van der Waals surface area (Å²) in [5, 5.41) is 7.34. The first-order valence-corrected chi connectivity index (χ1v) is 8.75. The Morgan fingerprint density at radius 2 is 1.93 bits per heavy atom. The molecule has 0 unspecified atom stereocenters. The summed E-state index contributed by atoms with van der Waals surface area (Å²) in [7, 11) is 0. The minimum Gasteiger partial charge on any atom is -0.326 e. The van der Waals surface area contributed by atoms with Gasteiger partial charge in [-0.2, -0.15) is 5.10 Å². The van der Waals surface area contributed by atoms with E-state index in [1.807, 2.05) is 31.4 Å². The molecule has 0 radical (unpaired) electrons. The van der Waals surface area contributed by atoms with E-state index in [1.165, 1.54) is 0 Å². The third-order valence-corrected chi connectivity index (χ3v) is 4.69. The second-order valence-electron chi connectivity index (χ2n) is 6.70. The first-order chi connectivity index (χ1) is 12.9. The molecular weight excluding hydrogens is 344 g/mol. The van der Waals surface area contributed by atoms with Gasteiger partial charge in [-0.1, -0.05) is 0 Å². The quantitative estimate of drug-likeness (QED) is 0.517. The maximum atomic E-state index is 12.4. The largest absolute Gasteiger partial charge is 0.326 e. The van der Waals surface area contributed by atoms with Gasteiger partial charge in [-0.15, -0.1) is 0 Å². The zero-order valence-corrected chi connectivity index (χ0v) is 15.4. The molecule has 138 valence electrons. The van der Waals surface area contributed by atoms with Crippen LogP contribution in [0, 0.1) is 20.8 Å². The predicted octanol–water partition coefficient (Wildman–Crippen LogP) is 2.40. The summed E-state index contributed by atoms with van der Waals surface area (Å²) < 4.78 is 1.83. The number of aromatic nitrogens is 5. The molecule has 8 heteroatoms. The van der Waals surface area contributed by atoms with Gasteiger partial charge in [0.2, 0.25) is 5.91 Å². The first kappa shape index (κ1) is 17.0. The summed E-state index contributed by atoms with van der Waals surface area (Å²) in [4.78, 5) is 33.7. The van der Waals surface area contributed by atoms with Crippen LogP contribution >= 0.6 is 0 Å². The molecule has 4 aromatic rings. The van der Waals surface area contributed by atoms with Crippen LogP contribution in [0.25, 0.3) is 16.7 Å². The van der Waals surface area contributed by atoms with Crippen molar-refractivity contribution in [2.24, 2.45) is 0 Å². The fourth-order valence-corrected chi connectivity index (χ4v) is 3.38. The minimum atomic E-state index is -0.267. The zero-order valence-electron chi connectivity index (χ0n) is 15.4. The van der Waals surface area contributed by atoms with Crippen molar-refractivity contribution in [3.63, 3.8) is 0 Å². The molecule has 0 saturated carbocycles. The second-order valence-corrected chi connectivity index (χ2v) is 6.70. The highest BCUT2D eigenvalue weighted by Crippen LogP contribution is 2.18. The van der Waals surface area contributed by atoms with Crippen LogP contribution in [0.5, 0.6) is 0 Å². The van der Waals surface area contributed by atoms with Crippen molar-refractivity contribution in [2.75, 3.05) is 5.32 Å². The van der Waals surface area contributed by atoms with Crippen LogP contribution in [0.1, 0.15) is 29.1 Å². The molecule has 0 aliphatic carbocycles. The predicted molar refractivity (Wildman–Crippen MR) is 103 cm³/mol. The summed E-state index contributed by atoms with van der Waals surface area (Å²) in [6, 6.07) is 7.20. The molecule has 4 rings (SSSR count). The number of nitrogens with one attached hydrogen (secondary N) is 3. The number of anilines is 1. The number of carbonyl (C=O) groups is 1. The molecule has 27 heavy (non-hydrogen) atoms. The number of hydrogen-bond acceptors (Lipinski definition) is 4. The number of rotatable bonds is 4. The van der Waals surface area contributed by atoms with Crippen molar-refractivity contribution in [3.05, 3.63) is 57.4 Å². The highest BCUT2D eigenvalue weighted by atomic mass is 16.1. The molecule has 0 aliphatic rings. The average Bonchev–Trinajstić information content (AvgIpc) is 3.15. The van der Waals surface area contributed by atoms with E-state index in [4.69, 9.17) is 0 Å². The van der Waals surface area contributed by atoms with Gasteiger partial charge in [-0.05, 0) is 51.0 Å². The SMILES string of the molecule is Cc1cc2nc(C)c(CCC(=O)Nc3ccc4[nH]c(=O)[nH]c4c3)c(C)n2n1. The number of benzene rings is 1. The standard InChI is InChI=1S/C19H20N6O2/c1-10-8-17-20-11(2)14(12(3)25(17)24-10)5-7-18(26)21-13-4-6-15-16(9-13)23-19(27)22-15/h4,6,8-9H,5,7H2,1-3H3,(H,21,26)(H2,22,23,27). The third-order valence-electron chi connectivity index (χ3n) is 4.69. The molecule has 1 aromatic carbocycles. The van der Waals surface area contributed by atoms with E-state index in [1.54, 1.807) is 18.2 Å². The van der Waals surface area contributed by atoms with Crippen LogP contribution in [0.4, 0.5) is 5.69 Å². The third kappa shape index (κ3) is 3.21. The number of amides is 1. The Balaban J connectivity index is 1.50. The molecule has 3 heterocycles. The molecule has 8 nitrogen and oxygen atoms in total. The van der Waals surface area contributed by atoms with Crippen molar-refractivity contribution in [2.45, 2.75) is 33.6 Å². The van der Waals surface area contributed by atoms with Gasteiger partial charge in [0.25, 0.3) is 0 Å². The molecular formula is C19H20N6O2. The Kier molecular flexibility index (Phi) is 4.02. The van der Waals surface area contributed by atoms with E-state index in [0.29, 0.717) is 29.6 Å². The zero-order chi connectivity index (χ0) is 19.1. The Bertz CT molecular complexity index is 1230. The number of fused-ring (bicyclic) bond motifs is 2. The molecule has 0 saturated heterocycles. The van der Waals surface area contributed by atoms with Crippen molar-refractivity contribution in [1.82, 2.24) is 24.6 Å². The summed E-state index contributed by atoms with van der Waals surface area (Å²) in [5.41, 5.74) is 6.44. The topological polar surface area (TPSA) is 108 Å². The van der Waals surface area contributed by atoms with Gasteiger partial charge in [0.1, 0.15) is 0 Å². The Labute approximate surface area is 154 Å². The first-order valence-electron chi connectivity index (χ1n) is 8.75. The van der Waals surface area contributed by atoms with E-state index in [9.17, 15) is 9.59 Å². The number of aromatic amines is 2. The fraction of sp³-hybridized carbons (Fsp3) is 0.263. The molecule has 0 atom stereocenters. The van der Waals surface area contributed by atoms with Gasteiger partial charge < -0.3 is 15.3 Å². The van der Waals surface area contributed by atoms with Crippen LogP contribution in [0.3, 0.4) is 0 Å². The van der Waals surface area contributed by atoms with Gasteiger partial charge in [0, 0.05) is 29.6 Å². The summed E-state index contributed by atoms with van der Waals surface area (Å²) in [6.07, 6.45) is 0.908. The van der Waals surface area contributed by atoms with Crippen molar-refractivity contribution < 1.29 is 4.79 Å². The lowest BCUT2D eigenvalue weighted by Crippen LogP contribution is -2.14. The fourth-order valence-electron chi connectivity index (χ4n) is 3.38. The number of H-pyrrole nitrogens is 2. The van der Waals surface area contributed by atoms with Gasteiger partial charge in [0.15, 0.2) is 5.65 Å². The molecule has 3 aromatic heterocycles. The van der Waals surface area contributed by atoms with Gasteiger partial charge >= 0.3 is 5.69 Å². The van der Waals surface area contributed by atoms with E-state index in [0.717, 1.165) is 28.3 Å². The second kappa shape index (κ2) is 6.39. The maximum absolute atomic E-state index is 12.4. The van der Waals surface area contributed by atoms with Crippen LogP contribution in [0.2, 0.25) is 0 Å². The van der Waals surface area contributed by atoms with Crippen LogP contribution in [0.15, 0.2) is 29.1 Å². The summed E-state index contributed by atoms with van der Waals surface area (Å²) >= 11 is 0. The van der Waals surface area contributed by atoms with Crippen molar-refractivity contribution in [1.29, 1.82) is 0 Å². The number of hydrogen-bond donors (Lipinski definition) is 3. The lowest BCUT2D eigenvalue weighted by Gasteiger charge is -2.11. The summed E-state index contributed by atoms with van der Waals surface area (Å²) in [5.74, 6) is -0.0947. The van der Waals surface area contributed by atoms with E-state index in [2.05, 4.69) is 25.4 Å². The molecule has 3 N–H and O–H groups in total. The smallest absolute Gasteiger partial charge is 0.323 e. The van der Waals surface area contributed by atoms with Gasteiger partial charge in [-0.25, -0.2) is 14.3 Å². The Hall–Kier alpha value is -3.42. The Morgan fingerprint density at radius 3 is 2.74 bits per heavy atom. The molecule has 0 fully saturated rings. The van der Waals surface area contributed by atoms with E-state index in [-0.39, 0.29) is 11.6 Å². The van der Waals surface area contributed by atoms with E-state index >= 15 is 0 Å². The summed E-state index contributed by atoms with van der Waals surface area (Å²) in [6.45, 7) is 5.89. The number of aryl methyl sites for hydroxylation is 3. The monoisotopic (exact) mass is 364 g/mol. The van der Waals surface area contributed by atoms with Crippen LogP contribution in [-0.2, 0) is 11.2 Å². The number of imidazole rings is 1. The molecule has 0 spiro atoms. The molecule has 1 amide bonds. The number of nitrogens with zero attached hydrogens (tertiary/aromatic N) is 3. The van der Waals surface area contributed by atoms with Gasteiger partial charge in [0.05, 0.1) is 16.7 Å². The minimum absolute atomic E-state index is 0.0947. The lowest BCUT2D eigenvalue weighted by molar-refractivity contribution is -0.116. The van der Waals surface area contributed by atoms with Crippen LogP contribution < -0.4 is 11.0 Å². The highest BCUT2D eigenvalue weighted by Gasteiger charge is 2.13. The maximum Gasteiger partial charge on any atom is 0.323 e.